The van der Waals surface area contributed by atoms with E-state index < -0.39 is 67.8 Å². The van der Waals surface area contributed by atoms with Crippen LogP contribution in [0, 0.1) is 17.3 Å². The number of carbonyl (C=O) groups excluding carboxylic acids is 5. The first kappa shape index (κ1) is 37.1. The highest BCUT2D eigenvalue weighted by Gasteiger charge is 2.53. The largest absolute Gasteiger partial charge is 0.350 e. The fraction of sp³-hybridized carbons (Fsp3) is 0.853. The number of urea groups is 1. The van der Waals surface area contributed by atoms with Crippen LogP contribution in [0.2, 0.25) is 0 Å². The summed E-state index contributed by atoms with van der Waals surface area (Å²) in [6.45, 7) is 9.90. The Hall–Kier alpha value is -2.70. The van der Waals surface area contributed by atoms with Crippen LogP contribution in [0.1, 0.15) is 118 Å². The maximum Gasteiger partial charge on any atom is 0.315 e. The second-order valence-electron chi connectivity index (χ2n) is 15.3. The Balaban J connectivity index is 1.56. The molecule has 0 unspecified atom stereocenters. The van der Waals surface area contributed by atoms with E-state index >= 15 is 0 Å². The summed E-state index contributed by atoms with van der Waals surface area (Å²) in [4.78, 5) is 69.3. The maximum atomic E-state index is 14.5. The first-order chi connectivity index (χ1) is 22.1. The molecule has 2 aliphatic heterocycles. The van der Waals surface area contributed by atoms with Gasteiger partial charge < -0.3 is 26.2 Å². The smallest absolute Gasteiger partial charge is 0.315 e. The lowest BCUT2D eigenvalue weighted by Crippen LogP contribution is -2.65. The predicted molar refractivity (Wildman–Crippen MR) is 179 cm³/mol. The Bertz CT molecular complexity index is 1290. The van der Waals surface area contributed by atoms with Crippen molar-refractivity contribution in [3.8, 4) is 0 Å². The Morgan fingerprint density at radius 1 is 0.915 bits per heavy atom. The molecule has 2 saturated carbocycles. The summed E-state index contributed by atoms with van der Waals surface area (Å²) in [7, 11) is -3.34. The molecule has 0 radical (unpaired) electrons. The Morgan fingerprint density at radius 3 is 2.21 bits per heavy atom. The van der Waals surface area contributed by atoms with Gasteiger partial charge in [-0.3, -0.25) is 19.2 Å². The quantitative estimate of drug-likeness (QED) is 0.230. The summed E-state index contributed by atoms with van der Waals surface area (Å²) < 4.78 is 26.1. The lowest BCUT2D eigenvalue weighted by atomic mass is 9.78. The number of ketones is 1. The molecule has 6 atom stereocenters. The molecule has 4 fully saturated rings. The normalized spacial score (nSPS) is 27.7. The molecule has 266 valence electrons. The third-order valence-electron chi connectivity index (χ3n) is 10.9. The number of rotatable bonds is 12. The van der Waals surface area contributed by atoms with Gasteiger partial charge in [-0.1, -0.05) is 66.2 Å². The summed E-state index contributed by atoms with van der Waals surface area (Å²) in [5, 5.41) is 10.7. The number of carbonyl (C=O) groups is 5. The van der Waals surface area contributed by atoms with Crippen molar-refractivity contribution in [2.24, 2.45) is 17.3 Å². The van der Waals surface area contributed by atoms with Crippen molar-refractivity contribution >= 4 is 39.4 Å². The van der Waals surface area contributed by atoms with Crippen molar-refractivity contribution in [1.82, 2.24) is 26.2 Å². The number of sulfone groups is 1. The average molecular weight is 680 g/mol. The zero-order valence-electron chi connectivity index (χ0n) is 29.0. The summed E-state index contributed by atoms with van der Waals surface area (Å²) in [6.07, 6.45) is 9.19. The summed E-state index contributed by atoms with van der Waals surface area (Å²) in [5.74, 6) is -2.10. The van der Waals surface area contributed by atoms with E-state index in [9.17, 15) is 32.4 Å². The minimum atomic E-state index is -3.34. The van der Waals surface area contributed by atoms with Crippen LogP contribution in [0.25, 0.3) is 0 Å². The molecule has 13 heteroatoms. The van der Waals surface area contributed by atoms with Crippen molar-refractivity contribution < 1.29 is 32.4 Å². The number of hydrogen-bond donors (Lipinski definition) is 4. The van der Waals surface area contributed by atoms with E-state index in [1.54, 1.807) is 11.8 Å². The SMILES string of the molecule is CCCC[C@H](NC(=O)[C@@H]1[C@H]2CCC[C@H]2CN1C(=O)[C@@H](NC(=O)NC1([C@H]2CCCS2(=O)=O)CCCCC1)C(C)(C)C)C(=O)C(=O)NCC. The van der Waals surface area contributed by atoms with E-state index in [1.165, 1.54) is 0 Å². The first-order valence-electron chi connectivity index (χ1n) is 17.9. The molecule has 5 amide bonds. The molecule has 0 aromatic carbocycles. The fourth-order valence-electron chi connectivity index (χ4n) is 8.54. The molecule has 2 heterocycles. The van der Waals surface area contributed by atoms with Gasteiger partial charge in [0.1, 0.15) is 12.1 Å². The van der Waals surface area contributed by atoms with Crippen molar-refractivity contribution in [2.45, 2.75) is 147 Å². The maximum absolute atomic E-state index is 14.5. The standard InChI is InChI=1S/C34H57N5O7S/c1-6-8-16-24(27(40)30(42)35-7-2)36-29(41)26-23-15-12-14-22(23)21-39(26)31(43)28(33(3,4)5)37-32(44)38-34(18-10-9-11-19-34)25-17-13-20-47(25,45)46/h22-26,28H,6-21H2,1-5H3,(H,35,42)(H,36,41)(H2,37,38,44)/t22-,23-,24-,25+,26-,28+/m0/s1. The Morgan fingerprint density at radius 2 is 1.62 bits per heavy atom. The number of likely N-dealkylation sites (N-methyl/N-ethyl adjacent to an activating group) is 1. The fourth-order valence-corrected chi connectivity index (χ4v) is 10.9. The predicted octanol–water partition coefficient (Wildman–Crippen LogP) is 2.99. The summed E-state index contributed by atoms with van der Waals surface area (Å²) >= 11 is 0. The van der Waals surface area contributed by atoms with Crippen molar-refractivity contribution in [2.75, 3.05) is 18.8 Å². The first-order valence-corrected chi connectivity index (χ1v) is 19.6. The lowest BCUT2D eigenvalue weighted by molar-refractivity contribution is -0.144. The number of hydrogen-bond acceptors (Lipinski definition) is 7. The molecule has 0 aromatic heterocycles. The minimum Gasteiger partial charge on any atom is -0.350 e. The van der Waals surface area contributed by atoms with Crippen molar-refractivity contribution in [3.05, 3.63) is 0 Å². The van der Waals surface area contributed by atoms with E-state index in [2.05, 4.69) is 21.3 Å². The van der Waals surface area contributed by atoms with Crippen LogP contribution in [0.3, 0.4) is 0 Å². The van der Waals surface area contributed by atoms with Crippen LogP contribution < -0.4 is 21.3 Å². The third kappa shape index (κ3) is 8.31. The molecule has 2 saturated heterocycles. The van der Waals surface area contributed by atoms with Crippen molar-refractivity contribution in [1.29, 1.82) is 0 Å². The van der Waals surface area contributed by atoms with Gasteiger partial charge in [-0.25, -0.2) is 13.2 Å². The number of fused-ring (bicyclic) bond motifs is 1. The van der Waals surface area contributed by atoms with Gasteiger partial charge in [0.2, 0.25) is 17.6 Å². The molecule has 4 aliphatic rings. The number of unbranched alkanes of at least 4 members (excludes halogenated alkanes) is 1. The minimum absolute atomic E-state index is 0.0853. The Kier molecular flexibility index (Phi) is 12.0. The highest BCUT2D eigenvalue weighted by atomic mass is 32.2. The Labute approximate surface area is 280 Å². The van der Waals surface area contributed by atoms with E-state index in [4.69, 9.17) is 0 Å². The molecule has 0 aromatic rings. The highest BCUT2D eigenvalue weighted by Crippen LogP contribution is 2.43. The number of nitrogens with zero attached hydrogens (tertiary/aromatic N) is 1. The van der Waals surface area contributed by atoms with Crippen molar-refractivity contribution in [3.63, 3.8) is 0 Å². The van der Waals surface area contributed by atoms with E-state index in [0.717, 1.165) is 44.9 Å². The van der Waals surface area contributed by atoms with Gasteiger partial charge >= 0.3 is 6.03 Å². The lowest BCUT2D eigenvalue weighted by Gasteiger charge is -2.43. The van der Waals surface area contributed by atoms with Gasteiger partial charge in [0, 0.05) is 13.1 Å². The van der Waals surface area contributed by atoms with E-state index in [-0.39, 0.29) is 23.5 Å². The van der Waals surface area contributed by atoms with Crippen LogP contribution in [-0.4, -0.2) is 90.6 Å². The van der Waals surface area contributed by atoms with Gasteiger partial charge in [-0.15, -0.1) is 0 Å². The van der Waals surface area contributed by atoms with Gasteiger partial charge in [-0.2, -0.15) is 0 Å². The molecule has 0 spiro atoms. The molecule has 47 heavy (non-hydrogen) atoms. The van der Waals surface area contributed by atoms with Crippen LogP contribution >= 0.6 is 0 Å². The van der Waals surface area contributed by atoms with E-state index in [0.29, 0.717) is 51.6 Å². The molecule has 4 N–H and O–H groups in total. The highest BCUT2D eigenvalue weighted by molar-refractivity contribution is 7.92. The number of likely N-dealkylation sites (tertiary alicyclic amines) is 1. The van der Waals surface area contributed by atoms with Gasteiger partial charge in [-0.05, 0) is 69.1 Å². The average Bonchev–Trinajstić information content (AvgIpc) is 3.71. The van der Waals surface area contributed by atoms with Gasteiger partial charge in [0.15, 0.2) is 9.84 Å². The molecular weight excluding hydrogens is 622 g/mol. The number of Topliss-reactive ketones (excluding diaryl/α,β-unsaturated/α-hetero) is 1. The van der Waals surface area contributed by atoms with Crippen LogP contribution in [0.4, 0.5) is 4.79 Å². The topological polar surface area (TPSA) is 171 Å². The van der Waals surface area contributed by atoms with Crippen LogP contribution in [0.5, 0.6) is 0 Å². The summed E-state index contributed by atoms with van der Waals surface area (Å²) in [5.41, 5.74) is -1.61. The van der Waals surface area contributed by atoms with E-state index in [1.807, 2.05) is 27.7 Å². The van der Waals surface area contributed by atoms with Crippen LogP contribution in [0.15, 0.2) is 0 Å². The molecule has 0 bridgehead atoms. The second kappa shape index (κ2) is 15.2. The molecule has 12 nitrogen and oxygen atoms in total. The van der Waals surface area contributed by atoms with Gasteiger partial charge in [0.05, 0.1) is 22.6 Å². The third-order valence-corrected chi connectivity index (χ3v) is 13.3. The van der Waals surface area contributed by atoms with Crippen LogP contribution in [-0.2, 0) is 29.0 Å². The zero-order valence-corrected chi connectivity index (χ0v) is 29.8. The second-order valence-corrected chi connectivity index (χ2v) is 17.6. The zero-order chi connectivity index (χ0) is 34.6. The number of nitrogens with one attached hydrogen (secondary N) is 4. The summed E-state index contributed by atoms with van der Waals surface area (Å²) in [6, 6.07) is -3.39. The van der Waals surface area contributed by atoms with Gasteiger partial charge in [0.25, 0.3) is 5.91 Å². The molecular formula is C34H57N5O7S. The number of amides is 5. The molecule has 2 aliphatic carbocycles. The molecule has 4 rings (SSSR count). The monoisotopic (exact) mass is 679 g/mol.